The van der Waals surface area contributed by atoms with Gasteiger partial charge in [-0.2, -0.15) is 5.10 Å². The summed E-state index contributed by atoms with van der Waals surface area (Å²) in [4.78, 5) is 7.45. The number of nitrogens with one attached hydrogen (secondary N) is 1. The lowest BCUT2D eigenvalue weighted by Gasteiger charge is -2.31. The molecule has 1 saturated heterocycles. The highest BCUT2D eigenvalue weighted by atomic mass is 32.1. The molecule has 1 N–H and O–H groups in total. The Morgan fingerprint density at radius 1 is 1.24 bits per heavy atom. The standard InChI is InChI=1S/C19H23N5S/c1-2-6-18-17(5-1)21-19(25-18)14-4-3-8-23(12-14)13-15-10-16-11-20-7-9-24(16)22-15/h1-2,5-6,10,14,20H,3-4,7-9,11-13H2. The molecule has 5 nitrogen and oxygen atoms in total. The molecule has 130 valence electrons. The molecule has 4 heterocycles. The maximum atomic E-state index is 4.89. The van der Waals surface area contributed by atoms with Gasteiger partial charge in [0.15, 0.2) is 0 Å². The second kappa shape index (κ2) is 6.52. The zero-order valence-electron chi connectivity index (χ0n) is 14.3. The van der Waals surface area contributed by atoms with Crippen molar-refractivity contribution in [2.45, 2.75) is 38.4 Å². The fourth-order valence-electron chi connectivity index (χ4n) is 4.02. The molecule has 3 aromatic rings. The second-order valence-corrected chi connectivity index (χ2v) is 8.18. The Bertz CT molecular complexity index is 826. The highest BCUT2D eigenvalue weighted by molar-refractivity contribution is 7.18. The molecular weight excluding hydrogens is 330 g/mol. The lowest BCUT2D eigenvalue weighted by atomic mass is 9.98. The van der Waals surface area contributed by atoms with Crippen molar-refractivity contribution in [2.75, 3.05) is 19.6 Å². The lowest BCUT2D eigenvalue weighted by molar-refractivity contribution is 0.197. The first kappa shape index (κ1) is 15.5. The summed E-state index contributed by atoms with van der Waals surface area (Å²) in [6.07, 6.45) is 2.50. The molecule has 0 spiro atoms. The molecule has 0 amide bonds. The summed E-state index contributed by atoms with van der Waals surface area (Å²) in [5, 5.41) is 9.52. The van der Waals surface area contributed by atoms with Crippen LogP contribution in [0.1, 0.15) is 35.2 Å². The number of fused-ring (bicyclic) bond motifs is 2. The minimum atomic E-state index is 0.560. The second-order valence-electron chi connectivity index (χ2n) is 7.12. The zero-order valence-corrected chi connectivity index (χ0v) is 15.1. The SMILES string of the molecule is c1ccc2sc(C3CCCN(Cc4cc5n(n4)CCNC5)C3)nc2c1. The summed E-state index contributed by atoms with van der Waals surface area (Å²) in [7, 11) is 0. The molecular formula is C19H23N5S. The summed E-state index contributed by atoms with van der Waals surface area (Å²) in [6, 6.07) is 10.8. The average molecular weight is 353 g/mol. The van der Waals surface area contributed by atoms with Crippen molar-refractivity contribution < 1.29 is 0 Å². The molecule has 0 saturated carbocycles. The number of likely N-dealkylation sites (tertiary alicyclic amines) is 1. The van der Waals surface area contributed by atoms with Gasteiger partial charge in [-0.05, 0) is 37.6 Å². The van der Waals surface area contributed by atoms with Crippen molar-refractivity contribution in [1.29, 1.82) is 0 Å². The zero-order chi connectivity index (χ0) is 16.6. The predicted octanol–water partition coefficient (Wildman–Crippen LogP) is 2.98. The number of hydrogen-bond acceptors (Lipinski definition) is 5. The Kier molecular flexibility index (Phi) is 4.04. The Morgan fingerprint density at radius 3 is 3.12 bits per heavy atom. The van der Waals surface area contributed by atoms with E-state index in [0.29, 0.717) is 5.92 Å². The molecule has 6 heteroatoms. The van der Waals surface area contributed by atoms with Crippen LogP contribution >= 0.6 is 11.3 Å². The van der Waals surface area contributed by atoms with Crippen LogP contribution in [-0.4, -0.2) is 39.3 Å². The van der Waals surface area contributed by atoms with Crippen LogP contribution in [0.4, 0.5) is 0 Å². The van der Waals surface area contributed by atoms with Crippen molar-refractivity contribution >= 4 is 21.6 Å². The highest BCUT2D eigenvalue weighted by Gasteiger charge is 2.25. The van der Waals surface area contributed by atoms with Crippen LogP contribution in [0, 0.1) is 0 Å². The van der Waals surface area contributed by atoms with Crippen LogP contribution in [0.2, 0.25) is 0 Å². The van der Waals surface area contributed by atoms with Crippen LogP contribution in [0.25, 0.3) is 10.2 Å². The fourth-order valence-corrected chi connectivity index (χ4v) is 5.12. The summed E-state index contributed by atoms with van der Waals surface area (Å²) >= 11 is 1.87. The number of nitrogens with zero attached hydrogens (tertiary/aromatic N) is 4. The molecule has 1 unspecified atom stereocenters. The van der Waals surface area contributed by atoms with Crippen molar-refractivity contribution in [1.82, 2.24) is 25.0 Å². The molecule has 2 aliphatic rings. The van der Waals surface area contributed by atoms with E-state index < -0.39 is 0 Å². The van der Waals surface area contributed by atoms with Gasteiger partial charge in [0.05, 0.1) is 33.2 Å². The van der Waals surface area contributed by atoms with E-state index in [0.717, 1.165) is 38.2 Å². The van der Waals surface area contributed by atoms with Gasteiger partial charge in [-0.1, -0.05) is 12.1 Å². The van der Waals surface area contributed by atoms with Gasteiger partial charge in [-0.25, -0.2) is 4.98 Å². The van der Waals surface area contributed by atoms with Crippen LogP contribution in [-0.2, 0) is 19.6 Å². The maximum Gasteiger partial charge on any atom is 0.0982 e. The molecule has 2 aliphatic heterocycles. The molecule has 1 fully saturated rings. The third kappa shape index (κ3) is 3.10. The Hall–Kier alpha value is -1.76. The number of aromatic nitrogens is 3. The molecule has 0 radical (unpaired) electrons. The summed E-state index contributed by atoms with van der Waals surface area (Å²) in [6.45, 7) is 6.19. The van der Waals surface area contributed by atoms with Gasteiger partial charge in [-0.15, -0.1) is 11.3 Å². The minimum Gasteiger partial charge on any atom is -0.309 e. The molecule has 0 aliphatic carbocycles. The van der Waals surface area contributed by atoms with Crippen molar-refractivity contribution in [3.8, 4) is 0 Å². The molecule has 1 aromatic carbocycles. The van der Waals surface area contributed by atoms with E-state index in [9.17, 15) is 0 Å². The minimum absolute atomic E-state index is 0.560. The Balaban J connectivity index is 1.31. The molecule has 0 bridgehead atoms. The van der Waals surface area contributed by atoms with Gasteiger partial charge in [0.2, 0.25) is 0 Å². The number of benzene rings is 1. The summed E-state index contributed by atoms with van der Waals surface area (Å²) < 4.78 is 3.48. The maximum absolute atomic E-state index is 4.89. The van der Waals surface area contributed by atoms with Crippen LogP contribution < -0.4 is 5.32 Å². The molecule has 2 aromatic heterocycles. The van der Waals surface area contributed by atoms with Gasteiger partial charge < -0.3 is 5.32 Å². The van der Waals surface area contributed by atoms with Gasteiger partial charge >= 0.3 is 0 Å². The van der Waals surface area contributed by atoms with E-state index in [-0.39, 0.29) is 0 Å². The van der Waals surface area contributed by atoms with E-state index in [4.69, 9.17) is 10.1 Å². The van der Waals surface area contributed by atoms with Gasteiger partial charge in [0.25, 0.3) is 0 Å². The van der Waals surface area contributed by atoms with E-state index >= 15 is 0 Å². The third-order valence-electron chi connectivity index (χ3n) is 5.27. The molecule has 25 heavy (non-hydrogen) atoms. The number of hydrogen-bond donors (Lipinski definition) is 1. The van der Waals surface area contributed by atoms with E-state index in [1.807, 2.05) is 11.3 Å². The average Bonchev–Trinajstić information content (AvgIpc) is 3.25. The van der Waals surface area contributed by atoms with Crippen molar-refractivity contribution in [2.24, 2.45) is 0 Å². The van der Waals surface area contributed by atoms with Gasteiger partial charge in [-0.3, -0.25) is 9.58 Å². The lowest BCUT2D eigenvalue weighted by Crippen LogP contribution is -2.34. The quantitative estimate of drug-likeness (QED) is 0.786. The third-order valence-corrected chi connectivity index (χ3v) is 6.47. The first-order valence-corrected chi connectivity index (χ1v) is 10.0. The highest BCUT2D eigenvalue weighted by Crippen LogP contribution is 2.33. The van der Waals surface area contributed by atoms with Crippen LogP contribution in [0.15, 0.2) is 30.3 Å². The number of para-hydroxylation sites is 1. The van der Waals surface area contributed by atoms with E-state index in [2.05, 4.69) is 45.2 Å². The van der Waals surface area contributed by atoms with Gasteiger partial charge in [0, 0.05) is 32.1 Å². The first-order valence-electron chi connectivity index (χ1n) is 9.19. The van der Waals surface area contributed by atoms with E-state index in [1.165, 1.54) is 40.5 Å². The van der Waals surface area contributed by atoms with Crippen LogP contribution in [0.3, 0.4) is 0 Å². The van der Waals surface area contributed by atoms with Crippen molar-refractivity contribution in [3.63, 3.8) is 0 Å². The van der Waals surface area contributed by atoms with Crippen molar-refractivity contribution in [3.05, 3.63) is 46.7 Å². The van der Waals surface area contributed by atoms with Crippen LogP contribution in [0.5, 0.6) is 0 Å². The normalized spacial score (nSPS) is 21.5. The largest absolute Gasteiger partial charge is 0.309 e. The summed E-state index contributed by atoms with van der Waals surface area (Å²) in [5.41, 5.74) is 3.68. The number of thiazole rings is 1. The Labute approximate surface area is 151 Å². The Morgan fingerprint density at radius 2 is 2.20 bits per heavy atom. The topological polar surface area (TPSA) is 46.0 Å². The van der Waals surface area contributed by atoms with E-state index in [1.54, 1.807) is 0 Å². The fraction of sp³-hybridized carbons (Fsp3) is 0.474. The smallest absolute Gasteiger partial charge is 0.0982 e. The first-order chi connectivity index (χ1) is 12.3. The monoisotopic (exact) mass is 353 g/mol. The predicted molar refractivity (Wildman–Crippen MR) is 101 cm³/mol. The number of piperidine rings is 1. The molecule has 5 rings (SSSR count). The summed E-state index contributed by atoms with van der Waals surface area (Å²) in [5.74, 6) is 0.560. The van der Waals surface area contributed by atoms with Gasteiger partial charge in [0.1, 0.15) is 0 Å². The number of rotatable bonds is 3. The molecule has 1 atom stereocenters.